The molecule has 0 aromatic heterocycles. The molecule has 1 atom stereocenters. The molecule has 1 unspecified atom stereocenters. The van der Waals surface area contributed by atoms with E-state index in [1.807, 2.05) is 0 Å². The standard InChI is InChI=1S/C36H72O2.C21H42O3/c1-34(2)30-26-22-18-14-10-6-5-9-13-17-21-25-29-33-38-36(37)32-28-24-20-16-12-8-7-11-15-19-23-27-31-35(3)4;1-19(2)17-15-13-11-9-7-5-4-6-8-10-12-14-16-18-24-21(23)20(3)22/h34-35H,5-33H2,1-4H3;19-20,22H,4-18H2,1-3H3. The Bertz CT molecular complexity index is 867. The monoisotopic (exact) mass is 879 g/mol. The molecule has 0 aromatic carbocycles. The van der Waals surface area contributed by atoms with Gasteiger partial charge in [0, 0.05) is 6.42 Å². The van der Waals surface area contributed by atoms with Gasteiger partial charge in [0.05, 0.1) is 13.2 Å². The fourth-order valence-electron chi connectivity index (χ4n) is 8.34. The van der Waals surface area contributed by atoms with Crippen molar-refractivity contribution in [1.82, 2.24) is 0 Å². The first-order chi connectivity index (χ1) is 30.1. The summed E-state index contributed by atoms with van der Waals surface area (Å²) in [6, 6.07) is 0. The zero-order chi connectivity index (χ0) is 46.0. The Balaban J connectivity index is 0. The van der Waals surface area contributed by atoms with E-state index in [1.54, 1.807) is 0 Å². The van der Waals surface area contributed by atoms with Crippen molar-refractivity contribution in [3.63, 3.8) is 0 Å². The van der Waals surface area contributed by atoms with Crippen molar-refractivity contribution >= 4 is 11.9 Å². The Morgan fingerprint density at radius 1 is 0.306 bits per heavy atom. The molecule has 0 radical (unpaired) electrons. The van der Waals surface area contributed by atoms with Crippen LogP contribution >= 0.6 is 0 Å². The van der Waals surface area contributed by atoms with E-state index in [0.29, 0.717) is 19.6 Å². The zero-order valence-corrected chi connectivity index (χ0v) is 43.5. The van der Waals surface area contributed by atoms with Gasteiger partial charge in [-0.15, -0.1) is 0 Å². The van der Waals surface area contributed by atoms with Crippen LogP contribution < -0.4 is 0 Å². The number of aliphatic hydroxyl groups is 1. The van der Waals surface area contributed by atoms with Crippen LogP contribution in [0.4, 0.5) is 0 Å². The summed E-state index contributed by atoms with van der Waals surface area (Å²) >= 11 is 0. The van der Waals surface area contributed by atoms with Crippen molar-refractivity contribution in [2.24, 2.45) is 17.8 Å². The first-order valence-corrected chi connectivity index (χ1v) is 28.1. The number of esters is 2. The molecule has 0 rings (SSSR count). The molecular formula is C57H114O5. The van der Waals surface area contributed by atoms with Gasteiger partial charge in [0.15, 0.2) is 0 Å². The number of carbonyl (C=O) groups is 2. The molecule has 0 bridgehead atoms. The van der Waals surface area contributed by atoms with Crippen LogP contribution in [-0.2, 0) is 19.1 Å². The predicted molar refractivity (Wildman–Crippen MR) is 272 cm³/mol. The Morgan fingerprint density at radius 3 is 0.758 bits per heavy atom. The van der Waals surface area contributed by atoms with Gasteiger partial charge >= 0.3 is 11.9 Å². The first-order valence-electron chi connectivity index (χ1n) is 28.1. The van der Waals surface area contributed by atoms with Crippen molar-refractivity contribution in [2.45, 2.75) is 324 Å². The van der Waals surface area contributed by atoms with Crippen LogP contribution in [0.3, 0.4) is 0 Å². The van der Waals surface area contributed by atoms with Crippen LogP contribution in [0.2, 0.25) is 0 Å². The number of unbranched alkanes of at least 4 members (excludes halogenated alkanes) is 35. The van der Waals surface area contributed by atoms with Crippen molar-refractivity contribution in [3.05, 3.63) is 0 Å². The molecule has 62 heavy (non-hydrogen) atoms. The molecule has 0 aromatic rings. The molecule has 1 N–H and O–H groups in total. The van der Waals surface area contributed by atoms with E-state index >= 15 is 0 Å². The number of ether oxygens (including phenoxy) is 2. The molecular weight excluding hydrogens is 765 g/mol. The Hall–Kier alpha value is -1.10. The largest absolute Gasteiger partial charge is 0.466 e. The van der Waals surface area contributed by atoms with Crippen LogP contribution in [0.15, 0.2) is 0 Å². The van der Waals surface area contributed by atoms with Crippen LogP contribution in [0.25, 0.3) is 0 Å². The summed E-state index contributed by atoms with van der Waals surface area (Å²) in [7, 11) is 0. The number of rotatable bonds is 48. The van der Waals surface area contributed by atoms with Crippen LogP contribution in [0.1, 0.15) is 318 Å². The van der Waals surface area contributed by atoms with Gasteiger partial charge in [0.2, 0.25) is 0 Å². The molecule has 0 aliphatic carbocycles. The fraction of sp³-hybridized carbons (Fsp3) is 0.965. The number of hydrogen-bond acceptors (Lipinski definition) is 5. The van der Waals surface area contributed by atoms with Gasteiger partial charge in [0.25, 0.3) is 0 Å². The molecule has 0 amide bonds. The lowest BCUT2D eigenvalue weighted by molar-refractivity contribution is -0.152. The van der Waals surface area contributed by atoms with E-state index in [1.165, 1.54) is 244 Å². The Labute approximate surface area is 390 Å². The number of hydrogen-bond donors (Lipinski definition) is 1. The van der Waals surface area contributed by atoms with Gasteiger partial charge < -0.3 is 14.6 Å². The summed E-state index contributed by atoms with van der Waals surface area (Å²) in [6.45, 7) is 16.5. The Morgan fingerprint density at radius 2 is 0.516 bits per heavy atom. The van der Waals surface area contributed by atoms with E-state index in [4.69, 9.17) is 14.6 Å². The molecule has 372 valence electrons. The third kappa shape index (κ3) is 58.9. The molecule has 5 heteroatoms. The van der Waals surface area contributed by atoms with Gasteiger partial charge in [-0.05, 0) is 43.9 Å². The maximum Gasteiger partial charge on any atom is 0.334 e. The van der Waals surface area contributed by atoms with Crippen LogP contribution in [0.5, 0.6) is 0 Å². The fourth-order valence-corrected chi connectivity index (χ4v) is 8.34. The van der Waals surface area contributed by atoms with E-state index in [9.17, 15) is 9.59 Å². The highest BCUT2D eigenvalue weighted by Crippen LogP contribution is 2.18. The van der Waals surface area contributed by atoms with E-state index in [2.05, 4.69) is 41.5 Å². The topological polar surface area (TPSA) is 72.8 Å². The second-order valence-electron chi connectivity index (χ2n) is 20.8. The maximum atomic E-state index is 11.9. The quantitative estimate of drug-likeness (QED) is 0.0487. The lowest BCUT2D eigenvalue weighted by Crippen LogP contribution is -2.19. The normalized spacial score (nSPS) is 12.0. The predicted octanol–water partition coefficient (Wildman–Crippen LogP) is 18.8. The smallest absolute Gasteiger partial charge is 0.334 e. The van der Waals surface area contributed by atoms with Crippen molar-refractivity contribution < 1.29 is 24.2 Å². The van der Waals surface area contributed by atoms with Gasteiger partial charge in [-0.1, -0.05) is 286 Å². The van der Waals surface area contributed by atoms with Gasteiger partial charge in [0.1, 0.15) is 6.10 Å². The minimum atomic E-state index is -0.995. The summed E-state index contributed by atoms with van der Waals surface area (Å²) in [6.07, 6.45) is 54.8. The highest BCUT2D eigenvalue weighted by Gasteiger charge is 2.09. The zero-order valence-electron chi connectivity index (χ0n) is 43.5. The lowest BCUT2D eigenvalue weighted by atomic mass is 10.0. The SMILES string of the molecule is CC(C)CCCCCCCCCCCCCCCOC(=O)C(C)O.CC(C)CCCCCCCCCCCCCCCOC(=O)CCCCCCCCCCCCCCC(C)C. The first kappa shape index (κ1) is 63.0. The van der Waals surface area contributed by atoms with Crippen molar-refractivity contribution in [1.29, 1.82) is 0 Å². The summed E-state index contributed by atoms with van der Waals surface area (Å²) < 4.78 is 10.4. The van der Waals surface area contributed by atoms with E-state index in [0.717, 1.165) is 43.4 Å². The summed E-state index contributed by atoms with van der Waals surface area (Å²) in [5.41, 5.74) is 0. The van der Waals surface area contributed by atoms with Crippen LogP contribution in [0, 0.1) is 17.8 Å². The summed E-state index contributed by atoms with van der Waals surface area (Å²) in [5.74, 6) is 2.13. The van der Waals surface area contributed by atoms with Gasteiger partial charge in [-0.2, -0.15) is 0 Å². The minimum Gasteiger partial charge on any atom is -0.466 e. The van der Waals surface area contributed by atoms with Crippen molar-refractivity contribution in [3.8, 4) is 0 Å². The second-order valence-corrected chi connectivity index (χ2v) is 20.8. The van der Waals surface area contributed by atoms with E-state index in [-0.39, 0.29) is 5.97 Å². The molecule has 0 saturated carbocycles. The lowest BCUT2D eigenvalue weighted by Gasteiger charge is -2.06. The number of aliphatic hydroxyl groups excluding tert-OH is 1. The summed E-state index contributed by atoms with van der Waals surface area (Å²) in [5, 5.41) is 8.98. The van der Waals surface area contributed by atoms with E-state index < -0.39 is 12.1 Å². The molecule has 0 saturated heterocycles. The maximum absolute atomic E-state index is 11.9. The number of carbonyl (C=O) groups excluding carboxylic acids is 2. The molecule has 0 aliphatic heterocycles. The van der Waals surface area contributed by atoms with Crippen molar-refractivity contribution in [2.75, 3.05) is 13.2 Å². The van der Waals surface area contributed by atoms with Gasteiger partial charge in [-0.3, -0.25) is 4.79 Å². The summed E-state index contributed by atoms with van der Waals surface area (Å²) in [4.78, 5) is 22.9. The third-order valence-electron chi connectivity index (χ3n) is 12.6. The van der Waals surface area contributed by atoms with Crippen LogP contribution in [-0.4, -0.2) is 36.4 Å². The average molecular weight is 880 g/mol. The third-order valence-corrected chi connectivity index (χ3v) is 12.6. The molecule has 0 heterocycles. The molecule has 0 fully saturated rings. The average Bonchev–Trinajstić information content (AvgIpc) is 3.23. The minimum absolute atomic E-state index is 0.0262. The molecule has 0 aliphatic rings. The molecule has 0 spiro atoms. The highest BCUT2D eigenvalue weighted by atomic mass is 16.5. The Kier molecular flexibility index (Phi) is 53.4. The second kappa shape index (κ2) is 52.5. The highest BCUT2D eigenvalue weighted by molar-refractivity contribution is 5.73. The van der Waals surface area contributed by atoms with Gasteiger partial charge in [-0.25, -0.2) is 4.79 Å². The molecule has 5 nitrogen and oxygen atoms in total.